The van der Waals surface area contributed by atoms with Gasteiger partial charge in [-0.15, -0.1) is 0 Å². The fraction of sp³-hybridized carbons (Fsp3) is 0.800. The Kier molecular flexibility index (Phi) is 4.29. The third-order valence-corrected chi connectivity index (χ3v) is 5.07. The maximum absolute atomic E-state index is 12.1. The van der Waals surface area contributed by atoms with Crippen molar-refractivity contribution in [1.29, 1.82) is 0 Å². The molecule has 1 N–H and O–H groups in total. The van der Waals surface area contributed by atoms with E-state index in [0.717, 1.165) is 6.54 Å². The van der Waals surface area contributed by atoms with E-state index in [4.69, 9.17) is 9.84 Å². The quantitative estimate of drug-likeness (QED) is 0.715. The van der Waals surface area contributed by atoms with Gasteiger partial charge in [-0.2, -0.15) is 0 Å². The van der Waals surface area contributed by atoms with Crippen LogP contribution in [0.25, 0.3) is 0 Å². The first kappa shape index (κ1) is 16.2. The van der Waals surface area contributed by atoms with Crippen LogP contribution in [0.4, 0.5) is 0 Å². The Morgan fingerprint density at radius 3 is 2.52 bits per heavy atom. The van der Waals surface area contributed by atoms with Gasteiger partial charge in [-0.3, -0.25) is 19.3 Å². The smallest absolute Gasteiger partial charge is 0.303 e. The van der Waals surface area contributed by atoms with Crippen LogP contribution < -0.4 is 0 Å². The van der Waals surface area contributed by atoms with Crippen molar-refractivity contribution in [3.63, 3.8) is 0 Å². The lowest BCUT2D eigenvalue weighted by Gasteiger charge is -2.63. The number of carboxylic acid groups (broad SMARTS) is 1. The minimum absolute atomic E-state index is 0.0361. The van der Waals surface area contributed by atoms with Crippen LogP contribution >= 0.6 is 0 Å². The lowest BCUT2D eigenvalue weighted by atomic mass is 9.82. The Labute approximate surface area is 135 Å². The highest BCUT2D eigenvalue weighted by Crippen LogP contribution is 2.36. The molecule has 3 aliphatic rings. The van der Waals surface area contributed by atoms with Crippen molar-refractivity contribution in [2.75, 3.05) is 45.9 Å². The van der Waals surface area contributed by atoms with Crippen molar-refractivity contribution in [3.05, 3.63) is 0 Å². The third-order valence-electron chi connectivity index (χ3n) is 5.07. The zero-order chi connectivity index (χ0) is 16.6. The molecule has 3 aliphatic heterocycles. The van der Waals surface area contributed by atoms with E-state index in [1.165, 1.54) is 0 Å². The van der Waals surface area contributed by atoms with E-state index in [-0.39, 0.29) is 36.2 Å². The van der Waals surface area contributed by atoms with Gasteiger partial charge in [0.2, 0.25) is 11.8 Å². The highest BCUT2D eigenvalue weighted by Gasteiger charge is 2.55. The average molecular weight is 325 g/mol. The summed E-state index contributed by atoms with van der Waals surface area (Å²) >= 11 is 0. The molecule has 1 spiro atoms. The number of hydrogen-bond donors (Lipinski definition) is 1. The molecule has 0 bridgehead atoms. The number of ether oxygens (including phenoxy) is 1. The lowest BCUT2D eigenvalue weighted by molar-refractivity contribution is -0.180. The molecule has 0 saturated carbocycles. The van der Waals surface area contributed by atoms with E-state index in [0.29, 0.717) is 39.4 Å². The monoisotopic (exact) mass is 325 g/mol. The van der Waals surface area contributed by atoms with Gasteiger partial charge in [0.25, 0.3) is 0 Å². The number of rotatable bonds is 3. The zero-order valence-corrected chi connectivity index (χ0v) is 13.4. The molecular weight excluding hydrogens is 302 g/mol. The molecule has 3 rings (SSSR count). The number of likely N-dealkylation sites (tertiary alicyclic amines) is 1. The molecule has 0 aromatic rings. The maximum Gasteiger partial charge on any atom is 0.303 e. The zero-order valence-electron chi connectivity index (χ0n) is 13.4. The molecule has 1 atom stereocenters. The van der Waals surface area contributed by atoms with Gasteiger partial charge >= 0.3 is 5.97 Å². The molecule has 8 nitrogen and oxygen atoms in total. The van der Waals surface area contributed by atoms with Crippen molar-refractivity contribution in [2.45, 2.75) is 31.3 Å². The summed E-state index contributed by atoms with van der Waals surface area (Å²) in [6.45, 7) is 6.09. The molecule has 128 valence electrons. The van der Waals surface area contributed by atoms with Gasteiger partial charge in [0.05, 0.1) is 31.2 Å². The second kappa shape index (κ2) is 6.09. The summed E-state index contributed by atoms with van der Waals surface area (Å²) in [6, 6.07) is 0.178. The van der Waals surface area contributed by atoms with Gasteiger partial charge in [-0.1, -0.05) is 0 Å². The molecule has 23 heavy (non-hydrogen) atoms. The number of piperazine rings is 1. The molecule has 0 aromatic carbocycles. The maximum atomic E-state index is 12.1. The van der Waals surface area contributed by atoms with Gasteiger partial charge in [-0.25, -0.2) is 0 Å². The molecule has 3 fully saturated rings. The SMILES string of the molecule is CC(=O)N1C[C@@H]2COCCN2C2(C1)CN(C(=O)CCC(=O)O)C2. The number of nitrogens with zero attached hydrogens (tertiary/aromatic N) is 3. The lowest BCUT2D eigenvalue weighted by Crippen LogP contribution is -2.81. The number of hydrogen-bond acceptors (Lipinski definition) is 5. The van der Waals surface area contributed by atoms with Crippen LogP contribution in [0.2, 0.25) is 0 Å². The summed E-state index contributed by atoms with van der Waals surface area (Å²) in [5.74, 6) is -1.03. The number of carboxylic acids is 1. The van der Waals surface area contributed by atoms with E-state index in [9.17, 15) is 14.4 Å². The first-order chi connectivity index (χ1) is 10.9. The average Bonchev–Trinajstić information content (AvgIpc) is 2.49. The molecule has 0 radical (unpaired) electrons. The Hall–Kier alpha value is -1.67. The normalized spacial score (nSPS) is 26.6. The second-order valence-electron chi connectivity index (χ2n) is 6.69. The van der Waals surface area contributed by atoms with Gasteiger partial charge in [0.1, 0.15) is 0 Å². The van der Waals surface area contributed by atoms with Crippen molar-refractivity contribution in [1.82, 2.24) is 14.7 Å². The van der Waals surface area contributed by atoms with Gasteiger partial charge in [0.15, 0.2) is 0 Å². The summed E-state index contributed by atoms with van der Waals surface area (Å²) in [7, 11) is 0. The van der Waals surface area contributed by atoms with Crippen LogP contribution in [0.3, 0.4) is 0 Å². The molecule has 3 heterocycles. The Morgan fingerprint density at radius 2 is 1.87 bits per heavy atom. The van der Waals surface area contributed by atoms with E-state index >= 15 is 0 Å². The Morgan fingerprint density at radius 1 is 1.17 bits per heavy atom. The largest absolute Gasteiger partial charge is 0.481 e. The fourth-order valence-corrected chi connectivity index (χ4v) is 3.93. The Bertz CT molecular complexity index is 517. The number of morpholine rings is 1. The summed E-state index contributed by atoms with van der Waals surface area (Å²) in [5, 5.41) is 8.69. The second-order valence-corrected chi connectivity index (χ2v) is 6.69. The summed E-state index contributed by atoms with van der Waals surface area (Å²) in [5.41, 5.74) is -0.197. The first-order valence-electron chi connectivity index (χ1n) is 8.01. The van der Waals surface area contributed by atoms with Crippen LogP contribution in [-0.2, 0) is 19.1 Å². The van der Waals surface area contributed by atoms with Crippen LogP contribution in [0.5, 0.6) is 0 Å². The topological polar surface area (TPSA) is 90.4 Å². The summed E-state index contributed by atoms with van der Waals surface area (Å²) in [6.07, 6.45) is -0.101. The van der Waals surface area contributed by atoms with Crippen LogP contribution in [-0.4, -0.2) is 95.1 Å². The highest BCUT2D eigenvalue weighted by atomic mass is 16.5. The standard InChI is InChI=1S/C15H23N3O5/c1-11(19)16-6-12-7-23-5-4-18(12)15(8-16)9-17(10-15)13(20)2-3-14(21)22/h12H,2-10H2,1H3,(H,21,22)/t12-/m1/s1. The number of fused-ring (bicyclic) bond motifs is 2. The van der Waals surface area contributed by atoms with Crippen LogP contribution in [0.15, 0.2) is 0 Å². The number of aliphatic carboxylic acids is 1. The number of carbonyl (C=O) groups is 3. The first-order valence-corrected chi connectivity index (χ1v) is 8.01. The molecule has 2 amide bonds. The van der Waals surface area contributed by atoms with Crippen LogP contribution in [0.1, 0.15) is 19.8 Å². The molecular formula is C15H23N3O5. The fourth-order valence-electron chi connectivity index (χ4n) is 3.93. The van der Waals surface area contributed by atoms with Crippen molar-refractivity contribution >= 4 is 17.8 Å². The molecule has 0 aromatic heterocycles. The minimum Gasteiger partial charge on any atom is -0.481 e. The van der Waals surface area contributed by atoms with E-state index in [2.05, 4.69) is 4.90 Å². The highest BCUT2D eigenvalue weighted by molar-refractivity contribution is 5.81. The number of amides is 2. The minimum atomic E-state index is -0.956. The van der Waals surface area contributed by atoms with Crippen molar-refractivity contribution in [3.8, 4) is 0 Å². The van der Waals surface area contributed by atoms with Gasteiger partial charge < -0.3 is 19.6 Å². The van der Waals surface area contributed by atoms with Crippen molar-refractivity contribution in [2.24, 2.45) is 0 Å². The van der Waals surface area contributed by atoms with E-state index in [1.807, 2.05) is 4.90 Å². The molecule has 0 aliphatic carbocycles. The predicted molar refractivity (Wildman–Crippen MR) is 79.7 cm³/mol. The molecule has 3 saturated heterocycles. The van der Waals surface area contributed by atoms with E-state index in [1.54, 1.807) is 11.8 Å². The van der Waals surface area contributed by atoms with Crippen LogP contribution in [0, 0.1) is 0 Å². The van der Waals surface area contributed by atoms with E-state index < -0.39 is 5.97 Å². The van der Waals surface area contributed by atoms with Gasteiger partial charge in [0, 0.05) is 46.1 Å². The van der Waals surface area contributed by atoms with Gasteiger partial charge in [-0.05, 0) is 0 Å². The van der Waals surface area contributed by atoms with Crippen molar-refractivity contribution < 1.29 is 24.2 Å². The number of carbonyl (C=O) groups excluding carboxylic acids is 2. The third kappa shape index (κ3) is 3.05. The molecule has 0 unspecified atom stereocenters. The molecule has 8 heteroatoms. The summed E-state index contributed by atoms with van der Waals surface area (Å²) < 4.78 is 5.54. The summed E-state index contributed by atoms with van der Waals surface area (Å²) in [4.78, 5) is 40.4. The Balaban J connectivity index is 1.66. The predicted octanol–water partition coefficient (Wildman–Crippen LogP) is -1.00.